The van der Waals surface area contributed by atoms with E-state index in [2.05, 4.69) is 4.90 Å². The van der Waals surface area contributed by atoms with Crippen LogP contribution in [0.15, 0.2) is 23.1 Å². The van der Waals surface area contributed by atoms with Crippen molar-refractivity contribution in [3.8, 4) is 0 Å². The van der Waals surface area contributed by atoms with Crippen molar-refractivity contribution >= 4 is 15.7 Å². The molecule has 1 aromatic rings. The molecule has 112 valence electrons. The van der Waals surface area contributed by atoms with Gasteiger partial charge >= 0.3 is 0 Å². The first-order valence-electron chi connectivity index (χ1n) is 6.50. The summed E-state index contributed by atoms with van der Waals surface area (Å²) in [6.45, 7) is 4.76. The quantitative estimate of drug-likeness (QED) is 0.831. The fraction of sp³-hybridized carbons (Fsp3) is 0.538. The monoisotopic (exact) mass is 301 g/mol. The van der Waals surface area contributed by atoms with E-state index in [1.54, 1.807) is 0 Å². The minimum absolute atomic E-state index is 0.0251. The fourth-order valence-electron chi connectivity index (χ4n) is 2.45. The number of benzene rings is 1. The summed E-state index contributed by atoms with van der Waals surface area (Å²) in [4.78, 5) is 2.11. The zero-order valence-electron chi connectivity index (χ0n) is 11.9. The molecule has 1 fully saturated rings. The second-order valence-electron chi connectivity index (χ2n) is 5.37. The van der Waals surface area contributed by atoms with Crippen molar-refractivity contribution in [3.05, 3.63) is 24.0 Å². The van der Waals surface area contributed by atoms with Gasteiger partial charge in [0.25, 0.3) is 0 Å². The number of piperazine rings is 1. The molecule has 0 bridgehead atoms. The predicted molar refractivity (Wildman–Crippen MR) is 76.3 cm³/mol. The Balaban J connectivity index is 2.35. The van der Waals surface area contributed by atoms with Crippen LogP contribution in [0.25, 0.3) is 0 Å². The van der Waals surface area contributed by atoms with E-state index in [4.69, 9.17) is 5.73 Å². The Bertz CT molecular complexity index is 594. The second-order valence-corrected chi connectivity index (χ2v) is 7.27. The highest BCUT2D eigenvalue weighted by Gasteiger charge is 2.35. The number of anilines is 1. The molecule has 1 saturated heterocycles. The minimum Gasteiger partial charge on any atom is -0.398 e. The van der Waals surface area contributed by atoms with Gasteiger partial charge in [-0.1, -0.05) is 0 Å². The van der Waals surface area contributed by atoms with E-state index in [0.717, 1.165) is 12.1 Å². The minimum atomic E-state index is -3.68. The molecule has 2 rings (SSSR count). The first-order valence-corrected chi connectivity index (χ1v) is 7.94. The number of nitrogens with two attached hydrogens (primary N) is 1. The summed E-state index contributed by atoms with van der Waals surface area (Å²) in [7, 11) is -1.71. The maximum Gasteiger partial charge on any atom is 0.245 e. The Labute approximate surface area is 119 Å². The van der Waals surface area contributed by atoms with E-state index in [1.807, 2.05) is 20.9 Å². The zero-order valence-corrected chi connectivity index (χ0v) is 12.7. The van der Waals surface area contributed by atoms with Gasteiger partial charge in [0.05, 0.1) is 5.69 Å². The van der Waals surface area contributed by atoms with E-state index < -0.39 is 15.8 Å². The van der Waals surface area contributed by atoms with Crippen LogP contribution < -0.4 is 5.73 Å². The number of nitrogen functional groups attached to an aromatic ring is 1. The molecule has 2 unspecified atom stereocenters. The summed E-state index contributed by atoms with van der Waals surface area (Å²) in [5.41, 5.74) is 5.60. The van der Waals surface area contributed by atoms with Gasteiger partial charge in [-0.2, -0.15) is 4.31 Å². The van der Waals surface area contributed by atoms with Crippen molar-refractivity contribution in [2.75, 3.05) is 25.9 Å². The van der Waals surface area contributed by atoms with E-state index in [0.29, 0.717) is 13.1 Å². The smallest absolute Gasteiger partial charge is 0.245 e. The van der Waals surface area contributed by atoms with Crippen LogP contribution >= 0.6 is 0 Å². The third-order valence-electron chi connectivity index (χ3n) is 3.92. The van der Waals surface area contributed by atoms with Gasteiger partial charge in [0, 0.05) is 25.2 Å². The molecule has 0 saturated carbocycles. The first kappa shape index (κ1) is 15.2. The number of likely N-dealkylation sites (N-methyl/N-ethyl adjacent to an activating group) is 1. The van der Waals surface area contributed by atoms with Crippen LogP contribution in [0.4, 0.5) is 10.1 Å². The van der Waals surface area contributed by atoms with Crippen LogP contribution in [-0.4, -0.2) is 49.8 Å². The maximum absolute atomic E-state index is 13.1. The van der Waals surface area contributed by atoms with Crippen molar-refractivity contribution in [2.24, 2.45) is 0 Å². The Morgan fingerprint density at radius 1 is 1.25 bits per heavy atom. The average molecular weight is 301 g/mol. The molecule has 0 radical (unpaired) electrons. The van der Waals surface area contributed by atoms with Crippen LogP contribution in [0.3, 0.4) is 0 Å². The van der Waals surface area contributed by atoms with Crippen molar-refractivity contribution in [1.29, 1.82) is 0 Å². The molecule has 7 heteroatoms. The molecule has 0 aromatic heterocycles. The van der Waals surface area contributed by atoms with Crippen molar-refractivity contribution in [2.45, 2.75) is 30.8 Å². The third-order valence-corrected chi connectivity index (χ3v) is 5.82. The zero-order chi connectivity index (χ0) is 15.1. The molecule has 1 aliphatic heterocycles. The summed E-state index contributed by atoms with van der Waals surface area (Å²) < 4.78 is 39.7. The standard InChI is InChI=1S/C13H20FN3O2S/c1-9-7-17(8-10(2)16(9)3)20(18,19)13-5-4-11(14)6-12(13)15/h4-6,9-10H,7-8,15H2,1-3H3. The number of rotatable bonds is 2. The molecular formula is C13H20FN3O2S. The molecule has 20 heavy (non-hydrogen) atoms. The van der Waals surface area contributed by atoms with Crippen molar-refractivity contribution < 1.29 is 12.8 Å². The number of nitrogens with zero attached hydrogens (tertiary/aromatic N) is 2. The molecule has 5 nitrogen and oxygen atoms in total. The summed E-state index contributed by atoms with van der Waals surface area (Å²) in [6.07, 6.45) is 0. The van der Waals surface area contributed by atoms with Gasteiger partial charge in [0.2, 0.25) is 10.0 Å². The largest absolute Gasteiger partial charge is 0.398 e. The second kappa shape index (κ2) is 5.31. The summed E-state index contributed by atoms with van der Waals surface area (Å²) >= 11 is 0. The van der Waals surface area contributed by atoms with Crippen molar-refractivity contribution in [3.63, 3.8) is 0 Å². The third kappa shape index (κ3) is 2.65. The lowest BCUT2D eigenvalue weighted by Crippen LogP contribution is -2.56. The predicted octanol–water partition coefficient (Wildman–Crippen LogP) is 1.12. The number of sulfonamides is 1. The molecule has 2 N–H and O–H groups in total. The maximum atomic E-state index is 13.1. The van der Waals surface area contributed by atoms with Crippen molar-refractivity contribution in [1.82, 2.24) is 9.21 Å². The van der Waals surface area contributed by atoms with E-state index in [9.17, 15) is 12.8 Å². The van der Waals surface area contributed by atoms with Crippen LogP contribution in [0.2, 0.25) is 0 Å². The summed E-state index contributed by atoms with van der Waals surface area (Å²) in [6, 6.07) is 3.63. The van der Waals surface area contributed by atoms with Crippen LogP contribution in [0, 0.1) is 5.82 Å². The lowest BCUT2D eigenvalue weighted by Gasteiger charge is -2.41. The topological polar surface area (TPSA) is 66.6 Å². The van der Waals surface area contributed by atoms with E-state index >= 15 is 0 Å². The SMILES string of the molecule is CC1CN(S(=O)(=O)c2ccc(F)cc2N)CC(C)N1C. The van der Waals surface area contributed by atoms with Gasteiger partial charge in [-0.25, -0.2) is 12.8 Å². The van der Waals surface area contributed by atoms with Gasteiger partial charge in [-0.3, -0.25) is 4.90 Å². The highest BCUT2D eigenvalue weighted by molar-refractivity contribution is 7.89. The van der Waals surface area contributed by atoms with Crippen LogP contribution in [0.5, 0.6) is 0 Å². The van der Waals surface area contributed by atoms with Crippen LogP contribution in [0.1, 0.15) is 13.8 Å². The van der Waals surface area contributed by atoms with Gasteiger partial charge in [-0.05, 0) is 39.1 Å². The fourth-order valence-corrected chi connectivity index (χ4v) is 4.14. The van der Waals surface area contributed by atoms with Gasteiger partial charge in [-0.15, -0.1) is 0 Å². The van der Waals surface area contributed by atoms with Gasteiger partial charge in [0.1, 0.15) is 10.7 Å². The van der Waals surface area contributed by atoms with Gasteiger partial charge in [0.15, 0.2) is 0 Å². The molecule has 1 aromatic carbocycles. The lowest BCUT2D eigenvalue weighted by molar-refractivity contribution is 0.105. The number of halogens is 1. The van der Waals surface area contributed by atoms with E-state index in [1.165, 1.54) is 10.4 Å². The number of hydrogen-bond donors (Lipinski definition) is 1. The molecule has 0 amide bonds. The molecule has 0 spiro atoms. The highest BCUT2D eigenvalue weighted by atomic mass is 32.2. The molecule has 1 aliphatic rings. The summed E-state index contributed by atoms with van der Waals surface area (Å²) in [5, 5.41) is 0. The average Bonchev–Trinajstić information content (AvgIpc) is 2.34. The lowest BCUT2D eigenvalue weighted by atomic mass is 10.1. The summed E-state index contributed by atoms with van der Waals surface area (Å²) in [5.74, 6) is -0.540. The Hall–Kier alpha value is -1.18. The van der Waals surface area contributed by atoms with Crippen LogP contribution in [-0.2, 0) is 10.0 Å². The van der Waals surface area contributed by atoms with Gasteiger partial charge < -0.3 is 5.73 Å². The molecular weight excluding hydrogens is 281 g/mol. The Kier molecular flexibility index (Phi) is 4.04. The number of hydrogen-bond acceptors (Lipinski definition) is 4. The Morgan fingerprint density at radius 2 is 1.80 bits per heavy atom. The van der Waals surface area contributed by atoms with E-state index in [-0.39, 0.29) is 22.7 Å². The molecule has 2 atom stereocenters. The highest BCUT2D eigenvalue weighted by Crippen LogP contribution is 2.26. The molecule has 1 heterocycles. The molecule has 0 aliphatic carbocycles. The Morgan fingerprint density at radius 3 is 2.30 bits per heavy atom. The first-order chi connectivity index (χ1) is 9.23. The normalized spacial score (nSPS) is 25.8.